The first-order valence-electron chi connectivity index (χ1n) is 29.0. The van der Waals surface area contributed by atoms with Crippen LogP contribution in [0, 0.1) is 0 Å². The fraction of sp³-hybridized carbons (Fsp3) is 0.507. The van der Waals surface area contributed by atoms with E-state index in [1.807, 2.05) is 0 Å². The smallest absolute Gasteiger partial charge is 0.306 e. The summed E-state index contributed by atoms with van der Waals surface area (Å²) in [5.41, 5.74) is 0. The van der Waals surface area contributed by atoms with Crippen LogP contribution >= 0.6 is 0 Å². The van der Waals surface area contributed by atoms with Crippen molar-refractivity contribution in [2.75, 3.05) is 13.2 Å². The highest BCUT2D eigenvalue weighted by molar-refractivity contribution is 5.70. The third-order valence-electron chi connectivity index (χ3n) is 11.4. The Kier molecular flexibility index (Phi) is 57.6. The summed E-state index contributed by atoms with van der Waals surface area (Å²) in [6.07, 6.45) is 99.6. The lowest BCUT2D eigenvalue weighted by molar-refractivity contribution is -0.161. The van der Waals surface area contributed by atoms with Gasteiger partial charge in [-0.15, -0.1) is 0 Å². The Balaban J connectivity index is 3.70. The average molecular weight is 1010 g/mol. The van der Waals surface area contributed by atoms with Crippen molar-refractivity contribution >= 4 is 11.9 Å². The van der Waals surface area contributed by atoms with Crippen LogP contribution in [0.5, 0.6) is 0 Å². The highest BCUT2D eigenvalue weighted by atomic mass is 16.6. The number of carbonyl (C=O) groups is 2. The maximum Gasteiger partial charge on any atom is 0.306 e. The van der Waals surface area contributed by atoms with Crippen LogP contribution in [0.15, 0.2) is 194 Å². The van der Waals surface area contributed by atoms with E-state index in [1.165, 1.54) is 12.8 Å². The number of rotatable bonds is 50. The minimum Gasteiger partial charge on any atom is -0.462 e. The highest BCUT2D eigenvalue weighted by Gasteiger charge is 2.16. The van der Waals surface area contributed by atoms with Gasteiger partial charge in [-0.25, -0.2) is 0 Å². The van der Waals surface area contributed by atoms with Crippen molar-refractivity contribution in [2.24, 2.45) is 0 Å². The number of carbonyl (C=O) groups excluding carboxylic acids is 2. The third kappa shape index (κ3) is 59.3. The lowest BCUT2D eigenvalue weighted by Crippen LogP contribution is -2.28. The van der Waals surface area contributed by atoms with Crippen molar-refractivity contribution in [3.63, 3.8) is 0 Å². The molecule has 0 aromatic heterocycles. The number of unbranched alkanes of at least 4 members (excludes halogenated alkanes) is 10. The second-order valence-corrected chi connectivity index (χ2v) is 18.2. The van der Waals surface area contributed by atoms with Crippen LogP contribution in [0.3, 0.4) is 0 Å². The van der Waals surface area contributed by atoms with Gasteiger partial charge in [0, 0.05) is 12.8 Å². The zero-order chi connectivity index (χ0) is 53.4. The summed E-state index contributed by atoms with van der Waals surface area (Å²) < 4.78 is 10.7. The van der Waals surface area contributed by atoms with Gasteiger partial charge in [-0.1, -0.05) is 247 Å². The lowest BCUT2D eigenvalue weighted by Gasteiger charge is -2.15. The molecule has 1 N–H and O–H groups in total. The molecule has 0 saturated carbocycles. The summed E-state index contributed by atoms with van der Waals surface area (Å²) in [6.45, 7) is 3.86. The molecule has 0 bridgehead atoms. The first-order chi connectivity index (χ1) is 36.6. The SMILES string of the molecule is CC/C=C\C/C=C\C/C=C\C/C=C\C/C=C\C/C=C\C/C=C\C/C=C\CCCCCCCCC(=O)OC(CO)COC(=O)CCCCCC/C=C\C/C=C\C/C=C\C/C=C\C/C=C\C/C=C\C/C=C\C/C=C\CC. The molecule has 0 amide bonds. The minimum atomic E-state index is -0.809. The van der Waals surface area contributed by atoms with Gasteiger partial charge >= 0.3 is 11.9 Å². The van der Waals surface area contributed by atoms with E-state index in [2.05, 4.69) is 208 Å². The number of aliphatic hydroxyl groups is 1. The van der Waals surface area contributed by atoms with E-state index in [0.29, 0.717) is 12.8 Å². The Morgan fingerprint density at radius 2 is 0.541 bits per heavy atom. The molecule has 0 rings (SSSR count). The number of aliphatic hydroxyl groups excluding tert-OH is 1. The summed E-state index contributed by atoms with van der Waals surface area (Å²) in [7, 11) is 0. The number of ether oxygens (including phenoxy) is 2. The molecule has 0 aliphatic carbocycles. The van der Waals surface area contributed by atoms with Crippen molar-refractivity contribution < 1.29 is 24.2 Å². The van der Waals surface area contributed by atoms with Crippen LogP contribution in [-0.2, 0) is 19.1 Å². The Morgan fingerprint density at radius 1 is 0.311 bits per heavy atom. The molecule has 74 heavy (non-hydrogen) atoms. The highest BCUT2D eigenvalue weighted by Crippen LogP contribution is 2.12. The van der Waals surface area contributed by atoms with E-state index in [9.17, 15) is 14.7 Å². The van der Waals surface area contributed by atoms with E-state index in [-0.39, 0.29) is 25.2 Å². The molecule has 0 aliphatic heterocycles. The molecule has 0 aliphatic rings. The Labute approximate surface area is 454 Å². The Hall–Kier alpha value is -5.26. The molecule has 0 aromatic rings. The van der Waals surface area contributed by atoms with Crippen molar-refractivity contribution in [1.29, 1.82) is 0 Å². The molecule has 0 saturated heterocycles. The molecular formula is C69H104O5. The van der Waals surface area contributed by atoms with Gasteiger partial charge in [-0.05, 0) is 141 Å². The van der Waals surface area contributed by atoms with E-state index < -0.39 is 6.10 Å². The molecule has 0 spiro atoms. The largest absolute Gasteiger partial charge is 0.462 e. The van der Waals surface area contributed by atoms with Gasteiger partial charge < -0.3 is 14.6 Å². The van der Waals surface area contributed by atoms with Gasteiger partial charge in [0.15, 0.2) is 6.10 Å². The van der Waals surface area contributed by atoms with Crippen LogP contribution in [0.4, 0.5) is 0 Å². The normalized spacial score (nSPS) is 13.7. The zero-order valence-corrected chi connectivity index (χ0v) is 46.8. The van der Waals surface area contributed by atoms with Crippen molar-refractivity contribution in [2.45, 2.75) is 213 Å². The molecule has 1 unspecified atom stereocenters. The standard InChI is InChI=1S/C69H104O5/c1-3-5-7-9-11-13-15-17-19-21-23-25-27-29-31-33-34-36-38-40-42-44-46-48-50-52-54-56-58-60-62-64-69(72)74-67(65-70)66-73-68(71)63-61-59-57-55-53-51-49-47-45-43-41-39-37-35-32-30-28-26-24-22-20-18-16-14-12-10-8-6-4-2/h5-8,11-14,17-20,23-26,29-32,34,36-37,39-40,42-43,45-46,48-49,51,67,70H,3-4,9-10,15-16,21-22,27-28,33,35,38,41,44,47,50,52-66H2,1-2H3/b7-5-,8-6-,13-11-,14-12-,19-17-,20-18-,25-23-,26-24-,31-29-,32-30-,36-34-,39-37-,42-40-,45-43-,48-46-,51-49-. The quantitative estimate of drug-likeness (QED) is 0.0373. The topological polar surface area (TPSA) is 72.8 Å². The van der Waals surface area contributed by atoms with E-state index in [4.69, 9.17) is 9.47 Å². The summed E-state index contributed by atoms with van der Waals surface area (Å²) in [6, 6.07) is 0. The molecule has 5 nitrogen and oxygen atoms in total. The fourth-order valence-corrected chi connectivity index (χ4v) is 7.11. The lowest BCUT2D eigenvalue weighted by atomic mass is 10.1. The van der Waals surface area contributed by atoms with Gasteiger partial charge in [0.2, 0.25) is 0 Å². The second kappa shape index (κ2) is 62.0. The minimum absolute atomic E-state index is 0.100. The number of hydrogen-bond acceptors (Lipinski definition) is 5. The molecule has 0 heterocycles. The molecule has 410 valence electrons. The predicted molar refractivity (Wildman–Crippen MR) is 324 cm³/mol. The fourth-order valence-electron chi connectivity index (χ4n) is 7.11. The van der Waals surface area contributed by atoms with Gasteiger partial charge in [0.05, 0.1) is 6.61 Å². The Bertz CT molecular complexity index is 1760. The predicted octanol–water partition coefficient (Wildman–Crippen LogP) is 20.1. The van der Waals surface area contributed by atoms with Crippen LogP contribution in [0.1, 0.15) is 206 Å². The summed E-state index contributed by atoms with van der Waals surface area (Å²) in [5.74, 6) is -0.655. The molecular weight excluding hydrogens is 909 g/mol. The van der Waals surface area contributed by atoms with Crippen molar-refractivity contribution in [1.82, 2.24) is 0 Å². The van der Waals surface area contributed by atoms with Crippen molar-refractivity contribution in [3.8, 4) is 0 Å². The monoisotopic (exact) mass is 1010 g/mol. The van der Waals surface area contributed by atoms with Crippen LogP contribution in [0.25, 0.3) is 0 Å². The van der Waals surface area contributed by atoms with Gasteiger partial charge in [0.25, 0.3) is 0 Å². The number of esters is 2. The van der Waals surface area contributed by atoms with E-state index >= 15 is 0 Å². The molecule has 5 heteroatoms. The Morgan fingerprint density at radius 3 is 0.811 bits per heavy atom. The van der Waals surface area contributed by atoms with E-state index in [0.717, 1.165) is 167 Å². The van der Waals surface area contributed by atoms with Crippen LogP contribution in [0.2, 0.25) is 0 Å². The molecule has 1 atom stereocenters. The maximum atomic E-state index is 12.3. The van der Waals surface area contributed by atoms with Gasteiger partial charge in [-0.2, -0.15) is 0 Å². The second-order valence-electron chi connectivity index (χ2n) is 18.2. The third-order valence-corrected chi connectivity index (χ3v) is 11.4. The number of allylic oxidation sites excluding steroid dienone is 32. The van der Waals surface area contributed by atoms with Gasteiger partial charge in [0.1, 0.15) is 6.61 Å². The van der Waals surface area contributed by atoms with Crippen LogP contribution < -0.4 is 0 Å². The molecule has 0 fully saturated rings. The summed E-state index contributed by atoms with van der Waals surface area (Å²) in [4.78, 5) is 24.5. The van der Waals surface area contributed by atoms with Crippen LogP contribution in [-0.4, -0.2) is 36.4 Å². The van der Waals surface area contributed by atoms with Crippen molar-refractivity contribution in [3.05, 3.63) is 194 Å². The summed E-state index contributed by atoms with van der Waals surface area (Å²) in [5, 5.41) is 9.66. The molecule has 0 radical (unpaired) electrons. The maximum absolute atomic E-state index is 12.3. The zero-order valence-electron chi connectivity index (χ0n) is 46.8. The molecule has 0 aromatic carbocycles. The van der Waals surface area contributed by atoms with E-state index in [1.54, 1.807) is 0 Å². The number of hydrogen-bond donors (Lipinski definition) is 1. The van der Waals surface area contributed by atoms with Gasteiger partial charge in [-0.3, -0.25) is 9.59 Å². The average Bonchev–Trinajstić information content (AvgIpc) is 3.40. The first-order valence-corrected chi connectivity index (χ1v) is 29.0. The first kappa shape index (κ1) is 68.7. The summed E-state index contributed by atoms with van der Waals surface area (Å²) >= 11 is 0.